The van der Waals surface area contributed by atoms with Crippen LogP contribution >= 0.6 is 0 Å². The van der Waals surface area contributed by atoms with Gasteiger partial charge in [0.15, 0.2) is 0 Å². The molecular weight excluding hydrogens is 358 g/mol. The van der Waals surface area contributed by atoms with E-state index in [9.17, 15) is 18.0 Å². The standard InChI is InChI=1S/C17H27N3O5S/c1-5-10-18-16(21)13(3)19-17(22)14-6-8-15(9-7-14)26(23,24)20-12(2)11-25-4/h6-9,12-13,20H,5,10-11H2,1-4H3,(H,18,21)(H,19,22)/t12-,13-/m1/s1. The summed E-state index contributed by atoms with van der Waals surface area (Å²) in [6.07, 6.45) is 0.805. The number of sulfonamides is 1. The first kappa shape index (κ1) is 22.1. The van der Waals surface area contributed by atoms with E-state index in [1.165, 1.54) is 31.4 Å². The maximum absolute atomic E-state index is 12.2. The summed E-state index contributed by atoms with van der Waals surface area (Å²) in [5.41, 5.74) is 0.268. The van der Waals surface area contributed by atoms with Crippen LogP contribution in [0.1, 0.15) is 37.6 Å². The van der Waals surface area contributed by atoms with Crippen LogP contribution in [0, 0.1) is 0 Å². The van der Waals surface area contributed by atoms with E-state index in [-0.39, 0.29) is 29.0 Å². The van der Waals surface area contributed by atoms with Crippen LogP contribution in [0.2, 0.25) is 0 Å². The van der Waals surface area contributed by atoms with Crippen molar-refractivity contribution in [2.45, 2.75) is 44.2 Å². The van der Waals surface area contributed by atoms with Gasteiger partial charge in [0.25, 0.3) is 5.91 Å². The third-order valence-electron chi connectivity index (χ3n) is 3.49. The average Bonchev–Trinajstić information content (AvgIpc) is 2.59. The first-order valence-electron chi connectivity index (χ1n) is 8.41. The molecule has 0 saturated heterocycles. The highest BCUT2D eigenvalue weighted by Gasteiger charge is 2.19. The number of carbonyl (C=O) groups excluding carboxylic acids is 2. The molecule has 0 aliphatic heterocycles. The van der Waals surface area contributed by atoms with E-state index in [1.807, 2.05) is 6.92 Å². The second kappa shape index (κ2) is 10.2. The number of methoxy groups -OCH3 is 1. The Morgan fingerprint density at radius 3 is 2.31 bits per heavy atom. The molecule has 2 atom stereocenters. The molecule has 3 N–H and O–H groups in total. The molecule has 9 heteroatoms. The van der Waals surface area contributed by atoms with E-state index in [1.54, 1.807) is 13.8 Å². The van der Waals surface area contributed by atoms with Gasteiger partial charge in [-0.1, -0.05) is 6.92 Å². The Morgan fingerprint density at radius 2 is 1.77 bits per heavy atom. The fourth-order valence-corrected chi connectivity index (χ4v) is 3.38. The maximum Gasteiger partial charge on any atom is 0.251 e. The molecule has 0 aliphatic carbocycles. The van der Waals surface area contributed by atoms with Gasteiger partial charge in [0.1, 0.15) is 6.04 Å². The zero-order chi connectivity index (χ0) is 19.7. The summed E-state index contributed by atoms with van der Waals surface area (Å²) in [5.74, 6) is -0.718. The molecule has 0 fully saturated rings. The fourth-order valence-electron chi connectivity index (χ4n) is 2.15. The van der Waals surface area contributed by atoms with E-state index in [4.69, 9.17) is 4.74 Å². The second-order valence-electron chi connectivity index (χ2n) is 5.99. The molecule has 0 unspecified atom stereocenters. The van der Waals surface area contributed by atoms with E-state index in [0.717, 1.165) is 6.42 Å². The van der Waals surface area contributed by atoms with Crippen LogP contribution in [0.3, 0.4) is 0 Å². The van der Waals surface area contributed by atoms with Crippen LogP contribution in [0.5, 0.6) is 0 Å². The van der Waals surface area contributed by atoms with Gasteiger partial charge in [-0.05, 0) is 44.5 Å². The van der Waals surface area contributed by atoms with Gasteiger partial charge in [0.2, 0.25) is 15.9 Å². The lowest BCUT2D eigenvalue weighted by molar-refractivity contribution is -0.122. The average molecular weight is 385 g/mol. The quantitative estimate of drug-likeness (QED) is 0.547. The Labute approximate surface area is 154 Å². The number of hydrogen-bond donors (Lipinski definition) is 3. The van der Waals surface area contributed by atoms with Crippen LogP contribution in [-0.2, 0) is 19.6 Å². The summed E-state index contributed by atoms with van der Waals surface area (Å²) in [6, 6.07) is 4.43. The highest BCUT2D eigenvalue weighted by Crippen LogP contribution is 2.11. The van der Waals surface area contributed by atoms with E-state index in [2.05, 4.69) is 15.4 Å². The Balaban J connectivity index is 2.74. The van der Waals surface area contributed by atoms with Gasteiger partial charge in [0.05, 0.1) is 11.5 Å². The smallest absolute Gasteiger partial charge is 0.251 e. The van der Waals surface area contributed by atoms with Crippen molar-refractivity contribution in [3.8, 4) is 0 Å². The number of nitrogens with one attached hydrogen (secondary N) is 3. The summed E-state index contributed by atoms with van der Waals surface area (Å²) in [5, 5.41) is 5.27. The van der Waals surface area contributed by atoms with Gasteiger partial charge in [0, 0.05) is 25.3 Å². The summed E-state index contributed by atoms with van der Waals surface area (Å²) in [6.45, 7) is 6.00. The summed E-state index contributed by atoms with van der Waals surface area (Å²) in [7, 11) is -2.21. The highest BCUT2D eigenvalue weighted by atomic mass is 32.2. The zero-order valence-electron chi connectivity index (χ0n) is 15.5. The minimum absolute atomic E-state index is 0.0470. The molecule has 1 aromatic carbocycles. The van der Waals surface area contributed by atoms with Gasteiger partial charge in [-0.25, -0.2) is 13.1 Å². The molecule has 146 valence electrons. The molecule has 0 bridgehead atoms. The molecule has 0 heterocycles. The third kappa shape index (κ3) is 6.74. The van der Waals surface area contributed by atoms with Crippen LogP contribution in [0.4, 0.5) is 0 Å². The lowest BCUT2D eigenvalue weighted by Crippen LogP contribution is -2.45. The number of rotatable bonds is 10. The predicted octanol–water partition coefficient (Wildman–Crippen LogP) is 0.644. The number of ether oxygens (including phenoxy) is 1. The normalized spacial score (nSPS) is 13.7. The molecule has 0 aromatic heterocycles. The lowest BCUT2D eigenvalue weighted by atomic mass is 10.2. The molecule has 0 spiro atoms. The Bertz CT molecular complexity index is 704. The monoisotopic (exact) mass is 385 g/mol. The first-order valence-corrected chi connectivity index (χ1v) is 9.89. The van der Waals surface area contributed by atoms with Gasteiger partial charge < -0.3 is 15.4 Å². The maximum atomic E-state index is 12.2. The molecule has 1 rings (SSSR count). The number of amides is 2. The third-order valence-corrected chi connectivity index (χ3v) is 5.10. The van der Waals surface area contributed by atoms with E-state index < -0.39 is 22.0 Å². The molecule has 8 nitrogen and oxygen atoms in total. The number of hydrogen-bond acceptors (Lipinski definition) is 5. The van der Waals surface area contributed by atoms with Crippen molar-refractivity contribution in [1.82, 2.24) is 15.4 Å². The Kier molecular flexibility index (Phi) is 8.70. The lowest BCUT2D eigenvalue weighted by Gasteiger charge is -2.15. The Morgan fingerprint density at radius 1 is 1.15 bits per heavy atom. The van der Waals surface area contributed by atoms with Gasteiger partial charge in [-0.2, -0.15) is 0 Å². The van der Waals surface area contributed by atoms with E-state index >= 15 is 0 Å². The van der Waals surface area contributed by atoms with Crippen molar-refractivity contribution in [2.75, 3.05) is 20.3 Å². The van der Waals surface area contributed by atoms with Crippen LogP contribution < -0.4 is 15.4 Å². The summed E-state index contributed by atoms with van der Waals surface area (Å²) >= 11 is 0. The largest absolute Gasteiger partial charge is 0.383 e. The first-order chi connectivity index (χ1) is 12.2. The molecule has 2 amide bonds. The highest BCUT2D eigenvalue weighted by molar-refractivity contribution is 7.89. The van der Waals surface area contributed by atoms with Crippen molar-refractivity contribution in [2.24, 2.45) is 0 Å². The van der Waals surface area contributed by atoms with Gasteiger partial charge in [-0.15, -0.1) is 0 Å². The Hall–Kier alpha value is -1.97. The topological polar surface area (TPSA) is 114 Å². The van der Waals surface area contributed by atoms with Crippen LogP contribution in [-0.4, -0.2) is 52.6 Å². The minimum atomic E-state index is -3.70. The molecular formula is C17H27N3O5S. The molecule has 26 heavy (non-hydrogen) atoms. The molecule has 1 aromatic rings. The minimum Gasteiger partial charge on any atom is -0.383 e. The molecule has 0 saturated carbocycles. The fraction of sp³-hybridized carbons (Fsp3) is 0.529. The second-order valence-corrected chi connectivity index (χ2v) is 7.70. The van der Waals surface area contributed by atoms with Gasteiger partial charge in [-0.3, -0.25) is 9.59 Å². The van der Waals surface area contributed by atoms with Crippen molar-refractivity contribution in [3.05, 3.63) is 29.8 Å². The van der Waals surface area contributed by atoms with Crippen molar-refractivity contribution >= 4 is 21.8 Å². The molecule has 0 aliphatic rings. The summed E-state index contributed by atoms with van der Waals surface area (Å²) < 4.78 is 31.9. The van der Waals surface area contributed by atoms with E-state index in [0.29, 0.717) is 6.54 Å². The zero-order valence-corrected chi connectivity index (χ0v) is 16.4. The van der Waals surface area contributed by atoms with Crippen LogP contribution in [0.25, 0.3) is 0 Å². The van der Waals surface area contributed by atoms with Gasteiger partial charge >= 0.3 is 0 Å². The van der Waals surface area contributed by atoms with Crippen molar-refractivity contribution in [3.63, 3.8) is 0 Å². The molecule has 0 radical (unpaired) electrons. The van der Waals surface area contributed by atoms with Crippen molar-refractivity contribution < 1.29 is 22.7 Å². The van der Waals surface area contributed by atoms with Crippen LogP contribution in [0.15, 0.2) is 29.2 Å². The number of carbonyl (C=O) groups is 2. The number of benzene rings is 1. The SMILES string of the molecule is CCCNC(=O)[C@@H](C)NC(=O)c1ccc(S(=O)(=O)N[C@H](C)COC)cc1. The summed E-state index contributed by atoms with van der Waals surface area (Å²) in [4.78, 5) is 24.0. The predicted molar refractivity (Wildman–Crippen MR) is 98.3 cm³/mol. The van der Waals surface area contributed by atoms with Crippen molar-refractivity contribution in [1.29, 1.82) is 0 Å².